The van der Waals surface area contributed by atoms with Gasteiger partial charge in [0.15, 0.2) is 0 Å². The first kappa shape index (κ1) is 9.47. The lowest BCUT2D eigenvalue weighted by Gasteiger charge is -2.24. The van der Waals surface area contributed by atoms with Crippen molar-refractivity contribution in [1.82, 2.24) is 5.32 Å². The van der Waals surface area contributed by atoms with Gasteiger partial charge in [0.1, 0.15) is 0 Å². The number of hydrogen-bond acceptors (Lipinski definition) is 2. The van der Waals surface area contributed by atoms with Gasteiger partial charge in [0.25, 0.3) is 0 Å². The first-order valence-electron chi connectivity index (χ1n) is 5.57. The van der Waals surface area contributed by atoms with Crippen LogP contribution in [0.2, 0.25) is 0 Å². The highest BCUT2D eigenvalue weighted by atomic mass is 16.5. The summed E-state index contributed by atoms with van der Waals surface area (Å²) >= 11 is 0. The minimum Gasteiger partial charge on any atom is -0.383 e. The number of hydrogen-bond donors (Lipinski definition) is 1. The highest BCUT2D eigenvalue weighted by Crippen LogP contribution is 2.55. The van der Waals surface area contributed by atoms with Crippen molar-refractivity contribution in [2.75, 3.05) is 20.3 Å². The monoisotopic (exact) mass is 183 g/mol. The maximum atomic E-state index is 5.26. The first-order chi connectivity index (χ1) is 6.35. The summed E-state index contributed by atoms with van der Waals surface area (Å²) in [5.74, 6) is 3.06. The quantitative estimate of drug-likeness (QED) is 0.700. The molecule has 0 heterocycles. The third kappa shape index (κ3) is 2.05. The molecule has 0 bridgehead atoms. The van der Waals surface area contributed by atoms with E-state index in [2.05, 4.69) is 12.2 Å². The van der Waals surface area contributed by atoms with Gasteiger partial charge in [-0.15, -0.1) is 0 Å². The van der Waals surface area contributed by atoms with Crippen LogP contribution in [-0.4, -0.2) is 26.3 Å². The highest BCUT2D eigenvalue weighted by Gasteiger charge is 2.47. The highest BCUT2D eigenvalue weighted by molar-refractivity contribution is 4.99. The summed E-state index contributed by atoms with van der Waals surface area (Å²) < 4.78 is 5.26. The van der Waals surface area contributed by atoms with Crippen LogP contribution < -0.4 is 5.32 Å². The van der Waals surface area contributed by atoms with Gasteiger partial charge in [0.05, 0.1) is 6.61 Å². The van der Waals surface area contributed by atoms with Gasteiger partial charge in [-0.25, -0.2) is 0 Å². The van der Waals surface area contributed by atoms with E-state index in [1.54, 1.807) is 7.11 Å². The van der Waals surface area contributed by atoms with Crippen LogP contribution in [0.1, 0.15) is 26.2 Å². The molecule has 1 N–H and O–H groups in total. The van der Waals surface area contributed by atoms with E-state index in [4.69, 9.17) is 4.74 Å². The summed E-state index contributed by atoms with van der Waals surface area (Å²) in [4.78, 5) is 0. The molecule has 0 amide bonds. The van der Waals surface area contributed by atoms with Gasteiger partial charge >= 0.3 is 0 Å². The molecule has 0 radical (unpaired) electrons. The number of fused-ring (bicyclic) bond motifs is 1. The third-order valence-corrected chi connectivity index (χ3v) is 3.66. The minimum absolute atomic E-state index is 0.614. The molecule has 0 aromatic carbocycles. The molecule has 0 saturated heterocycles. The Kier molecular flexibility index (Phi) is 2.89. The summed E-state index contributed by atoms with van der Waals surface area (Å²) in [6.45, 7) is 4.14. The molecule has 2 rings (SSSR count). The van der Waals surface area contributed by atoms with Crippen LogP contribution >= 0.6 is 0 Å². The Morgan fingerprint density at radius 2 is 2.00 bits per heavy atom. The van der Waals surface area contributed by atoms with Gasteiger partial charge < -0.3 is 10.1 Å². The average molecular weight is 183 g/mol. The van der Waals surface area contributed by atoms with Crippen molar-refractivity contribution in [1.29, 1.82) is 0 Å². The number of rotatable bonds is 5. The molecule has 0 spiro atoms. The second kappa shape index (κ2) is 3.97. The van der Waals surface area contributed by atoms with E-state index in [9.17, 15) is 0 Å². The predicted molar refractivity (Wildman–Crippen MR) is 53.7 cm³/mol. The smallest absolute Gasteiger partial charge is 0.0618 e. The van der Waals surface area contributed by atoms with Gasteiger partial charge in [-0.05, 0) is 43.6 Å². The van der Waals surface area contributed by atoms with Gasteiger partial charge in [-0.1, -0.05) is 6.92 Å². The van der Waals surface area contributed by atoms with Crippen molar-refractivity contribution in [3.05, 3.63) is 0 Å². The second-order valence-corrected chi connectivity index (χ2v) is 4.61. The van der Waals surface area contributed by atoms with Gasteiger partial charge in [-0.2, -0.15) is 0 Å². The van der Waals surface area contributed by atoms with E-state index in [0.717, 1.165) is 30.9 Å². The van der Waals surface area contributed by atoms with Crippen LogP contribution in [0, 0.1) is 17.8 Å². The Morgan fingerprint density at radius 3 is 2.54 bits per heavy atom. The van der Waals surface area contributed by atoms with Gasteiger partial charge in [0.2, 0.25) is 0 Å². The molecule has 2 aliphatic carbocycles. The topological polar surface area (TPSA) is 21.3 Å². The van der Waals surface area contributed by atoms with E-state index in [-0.39, 0.29) is 0 Å². The van der Waals surface area contributed by atoms with Crippen molar-refractivity contribution in [3.63, 3.8) is 0 Å². The lowest BCUT2D eigenvalue weighted by molar-refractivity contribution is 0.138. The van der Waals surface area contributed by atoms with Crippen LogP contribution in [0.15, 0.2) is 0 Å². The molecule has 0 aromatic heterocycles. The van der Waals surface area contributed by atoms with Gasteiger partial charge in [-0.3, -0.25) is 0 Å². The number of methoxy groups -OCH3 is 1. The van der Waals surface area contributed by atoms with Crippen LogP contribution in [0.4, 0.5) is 0 Å². The second-order valence-electron chi connectivity index (χ2n) is 4.61. The maximum absolute atomic E-state index is 5.26. The van der Waals surface area contributed by atoms with Crippen molar-refractivity contribution < 1.29 is 4.74 Å². The Hall–Kier alpha value is -0.0800. The molecule has 2 fully saturated rings. The van der Waals surface area contributed by atoms with Crippen LogP contribution in [0.25, 0.3) is 0 Å². The summed E-state index contributed by atoms with van der Waals surface area (Å²) in [6, 6.07) is 0.614. The van der Waals surface area contributed by atoms with E-state index in [1.807, 2.05) is 0 Å². The van der Waals surface area contributed by atoms with E-state index < -0.39 is 0 Å². The Labute approximate surface area is 81.0 Å². The molecule has 2 aliphatic rings. The molecular formula is C11H21NO. The van der Waals surface area contributed by atoms with Crippen LogP contribution in [0.3, 0.4) is 0 Å². The Balaban J connectivity index is 1.80. The molecule has 3 unspecified atom stereocenters. The minimum atomic E-state index is 0.614. The fourth-order valence-electron chi connectivity index (χ4n) is 2.89. The Bertz CT molecular complexity index is 155. The Morgan fingerprint density at radius 1 is 1.31 bits per heavy atom. The van der Waals surface area contributed by atoms with Crippen LogP contribution in [-0.2, 0) is 4.74 Å². The molecule has 2 nitrogen and oxygen atoms in total. The van der Waals surface area contributed by atoms with Crippen molar-refractivity contribution >= 4 is 0 Å². The predicted octanol–water partition coefficient (Wildman–Crippen LogP) is 1.66. The molecule has 2 saturated carbocycles. The fraction of sp³-hybridized carbons (Fsp3) is 1.00. The summed E-state index contributed by atoms with van der Waals surface area (Å²) in [5, 5.41) is 3.54. The zero-order valence-corrected chi connectivity index (χ0v) is 8.75. The SMILES string of the molecule is CCNC(COC)C1CC2CC2C1. The maximum Gasteiger partial charge on any atom is 0.0618 e. The van der Waals surface area contributed by atoms with E-state index in [1.165, 1.54) is 19.3 Å². The van der Waals surface area contributed by atoms with Crippen molar-refractivity contribution in [3.8, 4) is 0 Å². The lowest BCUT2D eigenvalue weighted by atomic mass is 9.95. The summed E-state index contributed by atoms with van der Waals surface area (Å²) in [5.41, 5.74) is 0. The lowest BCUT2D eigenvalue weighted by Crippen LogP contribution is -2.39. The molecule has 13 heavy (non-hydrogen) atoms. The molecular weight excluding hydrogens is 162 g/mol. The van der Waals surface area contributed by atoms with Crippen LogP contribution in [0.5, 0.6) is 0 Å². The van der Waals surface area contributed by atoms with Crippen molar-refractivity contribution in [2.45, 2.75) is 32.2 Å². The zero-order chi connectivity index (χ0) is 9.26. The van der Waals surface area contributed by atoms with Gasteiger partial charge in [0, 0.05) is 13.2 Å². The largest absolute Gasteiger partial charge is 0.383 e. The summed E-state index contributed by atoms with van der Waals surface area (Å²) in [6.07, 6.45) is 4.42. The standard InChI is InChI=1S/C11H21NO/c1-3-12-11(7-13-2)10-5-8-4-9(8)6-10/h8-12H,3-7H2,1-2H3. The van der Waals surface area contributed by atoms with E-state index >= 15 is 0 Å². The summed E-state index contributed by atoms with van der Waals surface area (Å²) in [7, 11) is 1.81. The first-order valence-corrected chi connectivity index (χ1v) is 5.57. The molecule has 76 valence electrons. The van der Waals surface area contributed by atoms with E-state index in [0.29, 0.717) is 6.04 Å². The number of nitrogens with one attached hydrogen (secondary N) is 1. The molecule has 2 heteroatoms. The van der Waals surface area contributed by atoms with Crippen molar-refractivity contribution in [2.24, 2.45) is 17.8 Å². The molecule has 3 atom stereocenters. The fourth-order valence-corrected chi connectivity index (χ4v) is 2.89. The zero-order valence-electron chi connectivity index (χ0n) is 8.75. The number of ether oxygens (including phenoxy) is 1. The normalized spacial score (nSPS) is 38.8. The molecule has 0 aromatic rings. The molecule has 0 aliphatic heterocycles. The number of likely N-dealkylation sites (N-methyl/N-ethyl adjacent to an activating group) is 1. The average Bonchev–Trinajstić information content (AvgIpc) is 2.73. The third-order valence-electron chi connectivity index (χ3n) is 3.66.